The Bertz CT molecular complexity index is 870. The minimum absolute atomic E-state index is 0.187. The molecule has 0 aliphatic rings. The standard InChI is InChI=1S/C16H11Cl2F2N3S/c17-13-4-1-10(5-14(13)18)8-24-16-21-9-23(22-16)7-11-2-3-12(19)6-15(11)20/h1-6,9H,7-8H2. The lowest BCUT2D eigenvalue weighted by Gasteiger charge is -2.03. The average Bonchev–Trinajstić information content (AvgIpc) is 2.99. The molecule has 0 saturated heterocycles. The molecule has 24 heavy (non-hydrogen) atoms. The first-order valence-electron chi connectivity index (χ1n) is 6.91. The molecule has 0 aliphatic heterocycles. The van der Waals surface area contributed by atoms with Crippen LogP contribution in [0.4, 0.5) is 8.78 Å². The summed E-state index contributed by atoms with van der Waals surface area (Å²) in [5.41, 5.74) is 1.35. The van der Waals surface area contributed by atoms with Crippen LogP contribution in [0, 0.1) is 11.6 Å². The molecule has 0 bridgehead atoms. The van der Waals surface area contributed by atoms with E-state index in [0.717, 1.165) is 11.6 Å². The van der Waals surface area contributed by atoms with Gasteiger partial charge in [0.2, 0.25) is 5.16 Å². The second-order valence-electron chi connectivity index (χ2n) is 5.00. The van der Waals surface area contributed by atoms with E-state index in [1.165, 1.54) is 34.9 Å². The number of rotatable bonds is 5. The number of nitrogens with zero attached hydrogens (tertiary/aromatic N) is 3. The van der Waals surface area contributed by atoms with Gasteiger partial charge in [0.25, 0.3) is 0 Å². The molecular weight excluding hydrogens is 375 g/mol. The molecular formula is C16H11Cl2F2N3S. The Morgan fingerprint density at radius 3 is 2.62 bits per heavy atom. The normalized spacial score (nSPS) is 11.0. The number of halogens is 4. The quantitative estimate of drug-likeness (QED) is 0.565. The van der Waals surface area contributed by atoms with Crippen molar-refractivity contribution in [3.63, 3.8) is 0 Å². The topological polar surface area (TPSA) is 30.7 Å². The maximum Gasteiger partial charge on any atom is 0.208 e. The van der Waals surface area contributed by atoms with E-state index in [0.29, 0.717) is 26.5 Å². The van der Waals surface area contributed by atoms with E-state index in [1.54, 1.807) is 12.1 Å². The summed E-state index contributed by atoms with van der Waals surface area (Å²) in [6.07, 6.45) is 1.51. The molecule has 124 valence electrons. The summed E-state index contributed by atoms with van der Waals surface area (Å²) in [6, 6.07) is 8.88. The summed E-state index contributed by atoms with van der Waals surface area (Å²) in [5, 5.41) is 5.84. The molecule has 8 heteroatoms. The third-order valence-electron chi connectivity index (χ3n) is 3.21. The van der Waals surface area contributed by atoms with Crippen LogP contribution in [-0.2, 0) is 12.3 Å². The highest BCUT2D eigenvalue weighted by Crippen LogP contribution is 2.26. The lowest BCUT2D eigenvalue weighted by atomic mass is 10.2. The van der Waals surface area contributed by atoms with Crippen molar-refractivity contribution < 1.29 is 8.78 Å². The maximum absolute atomic E-state index is 13.7. The zero-order valence-electron chi connectivity index (χ0n) is 12.2. The van der Waals surface area contributed by atoms with Gasteiger partial charge in [-0.15, -0.1) is 5.10 Å². The van der Waals surface area contributed by atoms with E-state index in [2.05, 4.69) is 10.1 Å². The Kier molecular flexibility index (Phi) is 5.38. The Hall–Kier alpha value is -1.63. The molecule has 0 radical (unpaired) electrons. The van der Waals surface area contributed by atoms with Crippen LogP contribution in [0.1, 0.15) is 11.1 Å². The lowest BCUT2D eigenvalue weighted by Crippen LogP contribution is -2.03. The molecule has 3 aromatic rings. The second kappa shape index (κ2) is 7.51. The Balaban J connectivity index is 1.63. The monoisotopic (exact) mass is 385 g/mol. The van der Waals surface area contributed by atoms with E-state index < -0.39 is 11.6 Å². The predicted octanol–water partition coefficient (Wildman–Crippen LogP) is 5.20. The molecule has 0 saturated carbocycles. The third kappa shape index (κ3) is 4.26. The first-order valence-corrected chi connectivity index (χ1v) is 8.65. The fourth-order valence-electron chi connectivity index (χ4n) is 2.02. The number of hydrogen-bond donors (Lipinski definition) is 0. The largest absolute Gasteiger partial charge is 0.247 e. The van der Waals surface area contributed by atoms with Crippen LogP contribution in [0.2, 0.25) is 10.0 Å². The molecule has 1 heterocycles. The van der Waals surface area contributed by atoms with Gasteiger partial charge in [-0.2, -0.15) is 0 Å². The molecule has 3 rings (SSSR count). The molecule has 0 fully saturated rings. The van der Waals surface area contributed by atoms with Gasteiger partial charge >= 0.3 is 0 Å². The summed E-state index contributed by atoms with van der Waals surface area (Å²) < 4.78 is 28.1. The molecule has 0 amide bonds. The smallest absolute Gasteiger partial charge is 0.208 e. The first-order chi connectivity index (χ1) is 11.5. The minimum atomic E-state index is -0.604. The number of aromatic nitrogens is 3. The van der Waals surface area contributed by atoms with Gasteiger partial charge in [-0.3, -0.25) is 0 Å². The van der Waals surface area contributed by atoms with Crippen molar-refractivity contribution in [2.75, 3.05) is 0 Å². The van der Waals surface area contributed by atoms with E-state index in [1.807, 2.05) is 6.07 Å². The van der Waals surface area contributed by atoms with Crippen molar-refractivity contribution in [1.29, 1.82) is 0 Å². The van der Waals surface area contributed by atoms with Crippen LogP contribution in [0.5, 0.6) is 0 Å². The average molecular weight is 386 g/mol. The van der Waals surface area contributed by atoms with Crippen molar-refractivity contribution in [3.05, 3.63) is 75.5 Å². The Morgan fingerprint density at radius 1 is 1.04 bits per heavy atom. The minimum Gasteiger partial charge on any atom is -0.247 e. The van der Waals surface area contributed by atoms with Crippen molar-refractivity contribution in [3.8, 4) is 0 Å². The SMILES string of the molecule is Fc1ccc(Cn2cnc(SCc3ccc(Cl)c(Cl)c3)n2)c(F)c1. The van der Waals surface area contributed by atoms with Crippen molar-refractivity contribution >= 4 is 35.0 Å². The maximum atomic E-state index is 13.7. The number of hydrogen-bond acceptors (Lipinski definition) is 3. The van der Waals surface area contributed by atoms with Gasteiger partial charge in [-0.1, -0.05) is 47.1 Å². The summed E-state index contributed by atoms with van der Waals surface area (Å²) in [7, 11) is 0. The predicted molar refractivity (Wildman–Crippen MR) is 91.5 cm³/mol. The van der Waals surface area contributed by atoms with Gasteiger partial charge in [0.05, 0.1) is 16.6 Å². The van der Waals surface area contributed by atoms with Crippen LogP contribution >= 0.6 is 35.0 Å². The summed E-state index contributed by atoms with van der Waals surface area (Å²) in [6.45, 7) is 0.187. The molecule has 0 atom stereocenters. The van der Waals surface area contributed by atoms with Gasteiger partial charge in [0.15, 0.2) is 0 Å². The highest BCUT2D eigenvalue weighted by Gasteiger charge is 2.08. The fourth-order valence-corrected chi connectivity index (χ4v) is 3.10. The van der Waals surface area contributed by atoms with Gasteiger partial charge in [-0.05, 0) is 23.8 Å². The molecule has 0 N–H and O–H groups in total. The second-order valence-corrected chi connectivity index (χ2v) is 6.75. The van der Waals surface area contributed by atoms with E-state index in [9.17, 15) is 8.78 Å². The lowest BCUT2D eigenvalue weighted by molar-refractivity contribution is 0.556. The van der Waals surface area contributed by atoms with Crippen LogP contribution in [0.15, 0.2) is 47.9 Å². The zero-order valence-corrected chi connectivity index (χ0v) is 14.5. The van der Waals surface area contributed by atoms with Crippen LogP contribution < -0.4 is 0 Å². The molecule has 1 aromatic heterocycles. The molecule has 2 aromatic carbocycles. The molecule has 0 unspecified atom stereocenters. The molecule has 3 nitrogen and oxygen atoms in total. The van der Waals surface area contributed by atoms with Crippen LogP contribution in [0.25, 0.3) is 0 Å². The van der Waals surface area contributed by atoms with Crippen LogP contribution in [-0.4, -0.2) is 14.8 Å². The fraction of sp³-hybridized carbons (Fsp3) is 0.125. The van der Waals surface area contributed by atoms with Gasteiger partial charge in [0, 0.05) is 17.4 Å². The van der Waals surface area contributed by atoms with Crippen molar-refractivity contribution in [2.24, 2.45) is 0 Å². The van der Waals surface area contributed by atoms with E-state index in [4.69, 9.17) is 23.2 Å². The van der Waals surface area contributed by atoms with Gasteiger partial charge < -0.3 is 0 Å². The third-order valence-corrected chi connectivity index (χ3v) is 4.88. The van der Waals surface area contributed by atoms with Crippen molar-refractivity contribution in [2.45, 2.75) is 17.5 Å². The molecule has 0 spiro atoms. The van der Waals surface area contributed by atoms with Gasteiger partial charge in [-0.25, -0.2) is 18.4 Å². The summed E-state index contributed by atoms with van der Waals surface area (Å²) >= 11 is 13.3. The highest BCUT2D eigenvalue weighted by molar-refractivity contribution is 7.98. The van der Waals surface area contributed by atoms with Gasteiger partial charge in [0.1, 0.15) is 18.0 Å². The van der Waals surface area contributed by atoms with E-state index >= 15 is 0 Å². The Labute approximate surface area is 151 Å². The Morgan fingerprint density at radius 2 is 1.88 bits per heavy atom. The van der Waals surface area contributed by atoms with E-state index in [-0.39, 0.29) is 6.54 Å². The highest BCUT2D eigenvalue weighted by atomic mass is 35.5. The summed E-state index contributed by atoms with van der Waals surface area (Å²) in [4.78, 5) is 4.17. The number of benzene rings is 2. The van der Waals surface area contributed by atoms with Crippen molar-refractivity contribution in [1.82, 2.24) is 14.8 Å². The summed E-state index contributed by atoms with van der Waals surface area (Å²) in [5.74, 6) is -0.575. The molecule has 0 aliphatic carbocycles. The first kappa shape index (κ1) is 17.2. The number of thioether (sulfide) groups is 1. The van der Waals surface area contributed by atoms with Crippen LogP contribution in [0.3, 0.4) is 0 Å². The zero-order chi connectivity index (χ0) is 17.1.